The Morgan fingerprint density at radius 3 is 1.55 bits per heavy atom. The summed E-state index contributed by atoms with van der Waals surface area (Å²) < 4.78 is 38.6. The largest absolute Gasteiger partial charge is 0.493 e. The van der Waals surface area contributed by atoms with Gasteiger partial charge in [-0.3, -0.25) is 0 Å². The van der Waals surface area contributed by atoms with E-state index in [4.69, 9.17) is 33.2 Å². The van der Waals surface area contributed by atoms with Crippen molar-refractivity contribution in [3.63, 3.8) is 0 Å². The zero-order valence-electron chi connectivity index (χ0n) is 17.4. The van der Waals surface area contributed by atoms with Crippen LogP contribution >= 0.6 is 0 Å². The maximum absolute atomic E-state index is 6.12. The van der Waals surface area contributed by atoms with Crippen molar-refractivity contribution in [2.45, 2.75) is 6.10 Å². The Bertz CT molecular complexity index is 860. The minimum Gasteiger partial charge on any atom is -0.493 e. The summed E-state index contributed by atoms with van der Waals surface area (Å²) in [5.74, 6) is 3.72. The molecule has 0 saturated heterocycles. The Labute approximate surface area is 169 Å². The molecule has 8 heteroatoms. The third kappa shape index (κ3) is 3.83. The van der Waals surface area contributed by atoms with E-state index in [9.17, 15) is 0 Å². The van der Waals surface area contributed by atoms with Crippen molar-refractivity contribution < 1.29 is 33.2 Å². The maximum atomic E-state index is 6.12. The predicted octanol–water partition coefficient (Wildman–Crippen LogP) is 3.26. The summed E-state index contributed by atoms with van der Waals surface area (Å²) in [7, 11) is 9.42. The molecule has 1 atom stereocenters. The van der Waals surface area contributed by atoms with Gasteiger partial charge < -0.3 is 33.2 Å². The summed E-state index contributed by atoms with van der Waals surface area (Å²) in [6.07, 6.45) is -0.294. The van der Waals surface area contributed by atoms with E-state index >= 15 is 0 Å². The van der Waals surface area contributed by atoms with Gasteiger partial charge in [0.2, 0.25) is 17.4 Å². The van der Waals surface area contributed by atoms with Gasteiger partial charge in [-0.25, -0.2) is 4.99 Å². The first-order valence-corrected chi connectivity index (χ1v) is 8.91. The second kappa shape index (κ2) is 8.81. The Morgan fingerprint density at radius 1 is 0.690 bits per heavy atom. The monoisotopic (exact) mass is 403 g/mol. The van der Waals surface area contributed by atoms with Crippen LogP contribution in [-0.2, 0) is 4.74 Å². The summed E-state index contributed by atoms with van der Waals surface area (Å²) in [6.45, 7) is 0.449. The molecule has 3 rings (SSSR count). The molecular weight excluding hydrogens is 378 g/mol. The summed E-state index contributed by atoms with van der Waals surface area (Å²) in [5.41, 5.74) is 1.60. The Kier molecular flexibility index (Phi) is 6.21. The molecule has 1 aliphatic heterocycles. The molecule has 0 aromatic heterocycles. The van der Waals surface area contributed by atoms with Crippen LogP contribution in [0, 0.1) is 0 Å². The van der Waals surface area contributed by atoms with Crippen LogP contribution in [0.1, 0.15) is 17.2 Å². The molecule has 0 amide bonds. The van der Waals surface area contributed by atoms with Crippen molar-refractivity contribution in [3.05, 3.63) is 35.4 Å². The van der Waals surface area contributed by atoms with E-state index in [2.05, 4.69) is 4.99 Å². The average Bonchev–Trinajstić information content (AvgIpc) is 3.27. The van der Waals surface area contributed by atoms with Gasteiger partial charge in [0.15, 0.2) is 23.0 Å². The van der Waals surface area contributed by atoms with Crippen LogP contribution in [0.5, 0.6) is 34.5 Å². The minimum absolute atomic E-state index is 0.294. The van der Waals surface area contributed by atoms with Gasteiger partial charge >= 0.3 is 0 Å². The zero-order chi connectivity index (χ0) is 21.0. The number of methoxy groups -OCH3 is 6. The SMILES string of the molecule is COc1cc(C2=NCC(c3cc(OC)c(OC)c(OC)c3)O2)cc(OC)c1OC. The van der Waals surface area contributed by atoms with Crippen LogP contribution in [-0.4, -0.2) is 55.1 Å². The predicted molar refractivity (Wildman–Crippen MR) is 107 cm³/mol. The molecule has 156 valence electrons. The average molecular weight is 403 g/mol. The van der Waals surface area contributed by atoms with Gasteiger partial charge in [-0.05, 0) is 24.3 Å². The van der Waals surface area contributed by atoms with Gasteiger partial charge in [-0.15, -0.1) is 0 Å². The molecule has 0 bridgehead atoms. The molecule has 1 unspecified atom stereocenters. The van der Waals surface area contributed by atoms with Crippen LogP contribution in [0.15, 0.2) is 29.3 Å². The molecule has 8 nitrogen and oxygen atoms in total. The Balaban J connectivity index is 1.91. The number of benzene rings is 2. The quantitative estimate of drug-likeness (QED) is 0.670. The highest BCUT2D eigenvalue weighted by Gasteiger charge is 2.27. The molecule has 1 aliphatic rings. The van der Waals surface area contributed by atoms with E-state index in [1.54, 1.807) is 54.8 Å². The van der Waals surface area contributed by atoms with Crippen molar-refractivity contribution in [3.8, 4) is 34.5 Å². The molecule has 0 fully saturated rings. The van der Waals surface area contributed by atoms with Crippen LogP contribution in [0.3, 0.4) is 0 Å². The van der Waals surface area contributed by atoms with Crippen LogP contribution < -0.4 is 28.4 Å². The molecule has 1 heterocycles. The van der Waals surface area contributed by atoms with E-state index in [-0.39, 0.29) is 6.10 Å². The number of rotatable bonds is 8. The number of ether oxygens (including phenoxy) is 7. The zero-order valence-corrected chi connectivity index (χ0v) is 17.4. The number of hydrogen-bond donors (Lipinski definition) is 0. The molecule has 0 N–H and O–H groups in total. The van der Waals surface area contributed by atoms with Gasteiger partial charge in [-0.1, -0.05) is 0 Å². The van der Waals surface area contributed by atoms with Crippen molar-refractivity contribution in [1.82, 2.24) is 0 Å². The number of nitrogens with zero attached hydrogens (tertiary/aromatic N) is 1. The second-order valence-corrected chi connectivity index (χ2v) is 6.13. The third-order valence-electron chi connectivity index (χ3n) is 4.63. The molecule has 0 saturated carbocycles. The maximum Gasteiger partial charge on any atom is 0.217 e. The lowest BCUT2D eigenvalue weighted by atomic mass is 10.1. The van der Waals surface area contributed by atoms with Crippen LogP contribution in [0.25, 0.3) is 0 Å². The Hall–Kier alpha value is -3.29. The van der Waals surface area contributed by atoms with Crippen LogP contribution in [0.2, 0.25) is 0 Å². The topological polar surface area (TPSA) is 77.0 Å². The first-order valence-electron chi connectivity index (χ1n) is 8.91. The van der Waals surface area contributed by atoms with Gasteiger partial charge in [0.05, 0.1) is 49.2 Å². The lowest BCUT2D eigenvalue weighted by molar-refractivity contribution is 0.228. The molecular formula is C21H25NO7. The van der Waals surface area contributed by atoms with Crippen molar-refractivity contribution in [2.75, 3.05) is 49.2 Å². The minimum atomic E-state index is -0.294. The fraction of sp³-hybridized carbons (Fsp3) is 0.381. The van der Waals surface area contributed by atoms with Crippen molar-refractivity contribution in [2.24, 2.45) is 4.99 Å². The van der Waals surface area contributed by atoms with E-state index in [1.807, 2.05) is 12.1 Å². The first kappa shape index (κ1) is 20.4. The molecule has 0 aliphatic carbocycles. The van der Waals surface area contributed by atoms with E-state index in [0.717, 1.165) is 11.1 Å². The standard InChI is InChI=1S/C21H25NO7/c1-23-14-7-12(8-15(24-2)19(14)27-5)18-11-22-21(29-18)13-9-16(25-3)20(28-6)17(10-13)26-4/h7-10,18H,11H2,1-6H3. The molecule has 2 aromatic carbocycles. The second-order valence-electron chi connectivity index (χ2n) is 6.13. The highest BCUT2D eigenvalue weighted by molar-refractivity contribution is 5.96. The number of hydrogen-bond acceptors (Lipinski definition) is 8. The first-order chi connectivity index (χ1) is 14.1. The normalized spacial score (nSPS) is 15.2. The van der Waals surface area contributed by atoms with Crippen LogP contribution in [0.4, 0.5) is 0 Å². The summed E-state index contributed by atoms with van der Waals surface area (Å²) in [6, 6.07) is 7.33. The molecule has 29 heavy (non-hydrogen) atoms. The highest BCUT2D eigenvalue weighted by atomic mass is 16.5. The third-order valence-corrected chi connectivity index (χ3v) is 4.63. The van der Waals surface area contributed by atoms with Crippen molar-refractivity contribution >= 4 is 5.90 Å². The molecule has 0 spiro atoms. The lowest BCUT2D eigenvalue weighted by Gasteiger charge is -2.18. The van der Waals surface area contributed by atoms with Gasteiger partial charge in [0.25, 0.3) is 0 Å². The Morgan fingerprint density at radius 2 is 1.14 bits per heavy atom. The summed E-state index contributed by atoms with van der Waals surface area (Å²) in [4.78, 5) is 4.55. The van der Waals surface area contributed by atoms with Gasteiger partial charge in [0, 0.05) is 11.1 Å². The van der Waals surface area contributed by atoms with E-state index in [1.165, 1.54) is 0 Å². The van der Waals surface area contributed by atoms with E-state index in [0.29, 0.717) is 46.9 Å². The fourth-order valence-corrected chi connectivity index (χ4v) is 3.20. The van der Waals surface area contributed by atoms with Gasteiger partial charge in [-0.2, -0.15) is 0 Å². The summed E-state index contributed by atoms with van der Waals surface area (Å²) in [5, 5.41) is 0. The van der Waals surface area contributed by atoms with Gasteiger partial charge in [0.1, 0.15) is 6.10 Å². The lowest BCUT2D eigenvalue weighted by Crippen LogP contribution is -2.08. The smallest absolute Gasteiger partial charge is 0.217 e. The molecule has 0 radical (unpaired) electrons. The van der Waals surface area contributed by atoms with Crippen molar-refractivity contribution in [1.29, 1.82) is 0 Å². The van der Waals surface area contributed by atoms with E-state index < -0.39 is 0 Å². The molecule has 2 aromatic rings. The highest BCUT2D eigenvalue weighted by Crippen LogP contribution is 2.42. The fourth-order valence-electron chi connectivity index (χ4n) is 3.20. The summed E-state index contributed by atoms with van der Waals surface area (Å²) >= 11 is 0. The number of aliphatic imine (C=N–C) groups is 1.